The molecule has 2 N–H and O–H groups in total. The Bertz CT molecular complexity index is 417. The van der Waals surface area contributed by atoms with Crippen molar-refractivity contribution in [3.05, 3.63) is 29.8 Å². The SMILES string of the molecule is NCCc1ccc(OCCN2CCCCCC2=O)cc1. The maximum absolute atomic E-state index is 11.8. The van der Waals surface area contributed by atoms with E-state index in [-0.39, 0.29) is 5.91 Å². The van der Waals surface area contributed by atoms with Gasteiger partial charge in [-0.15, -0.1) is 0 Å². The van der Waals surface area contributed by atoms with Crippen molar-refractivity contribution in [3.63, 3.8) is 0 Å². The summed E-state index contributed by atoms with van der Waals surface area (Å²) in [5.41, 5.74) is 6.74. The van der Waals surface area contributed by atoms with Crippen LogP contribution in [0.15, 0.2) is 24.3 Å². The highest BCUT2D eigenvalue weighted by molar-refractivity contribution is 5.76. The molecule has 0 radical (unpaired) electrons. The van der Waals surface area contributed by atoms with E-state index in [0.29, 0.717) is 26.1 Å². The summed E-state index contributed by atoms with van der Waals surface area (Å²) in [5, 5.41) is 0. The van der Waals surface area contributed by atoms with Crippen LogP contribution in [0.25, 0.3) is 0 Å². The van der Waals surface area contributed by atoms with Crippen LogP contribution in [0.1, 0.15) is 31.2 Å². The van der Waals surface area contributed by atoms with Gasteiger partial charge in [-0.05, 0) is 43.5 Å². The van der Waals surface area contributed by atoms with Crippen LogP contribution in [0.5, 0.6) is 5.75 Å². The molecule has 2 rings (SSSR count). The third kappa shape index (κ3) is 4.53. The molecular weight excluding hydrogens is 252 g/mol. The predicted octanol–water partition coefficient (Wildman–Crippen LogP) is 1.97. The summed E-state index contributed by atoms with van der Waals surface area (Å²) in [4.78, 5) is 13.8. The topological polar surface area (TPSA) is 55.6 Å². The third-order valence-electron chi connectivity index (χ3n) is 3.66. The van der Waals surface area contributed by atoms with E-state index in [1.807, 2.05) is 29.2 Å². The van der Waals surface area contributed by atoms with Crippen LogP contribution in [0.2, 0.25) is 0 Å². The normalized spacial score (nSPS) is 16.1. The van der Waals surface area contributed by atoms with Crippen molar-refractivity contribution < 1.29 is 9.53 Å². The molecule has 1 amide bonds. The van der Waals surface area contributed by atoms with Crippen LogP contribution in [0, 0.1) is 0 Å². The first kappa shape index (κ1) is 14.9. The average molecular weight is 276 g/mol. The van der Waals surface area contributed by atoms with Crippen LogP contribution < -0.4 is 10.5 Å². The first-order valence-corrected chi connectivity index (χ1v) is 7.49. The molecule has 0 bridgehead atoms. The average Bonchev–Trinajstić information content (AvgIpc) is 2.66. The van der Waals surface area contributed by atoms with Crippen LogP contribution in [0.4, 0.5) is 0 Å². The largest absolute Gasteiger partial charge is 0.492 e. The van der Waals surface area contributed by atoms with E-state index in [9.17, 15) is 4.79 Å². The van der Waals surface area contributed by atoms with Gasteiger partial charge in [-0.3, -0.25) is 4.79 Å². The second-order valence-electron chi connectivity index (χ2n) is 5.22. The Morgan fingerprint density at radius 1 is 1.15 bits per heavy atom. The molecule has 4 heteroatoms. The van der Waals surface area contributed by atoms with Gasteiger partial charge in [0.15, 0.2) is 0 Å². The molecule has 4 nitrogen and oxygen atoms in total. The molecule has 0 unspecified atom stereocenters. The number of amides is 1. The Morgan fingerprint density at radius 2 is 1.95 bits per heavy atom. The molecule has 1 heterocycles. The van der Waals surface area contributed by atoms with Gasteiger partial charge in [0.2, 0.25) is 5.91 Å². The van der Waals surface area contributed by atoms with E-state index in [2.05, 4.69) is 0 Å². The maximum atomic E-state index is 11.8. The van der Waals surface area contributed by atoms with Crippen molar-refractivity contribution in [3.8, 4) is 5.75 Å². The van der Waals surface area contributed by atoms with Gasteiger partial charge in [-0.25, -0.2) is 0 Å². The Kier molecular flexibility index (Phi) is 5.87. The molecule has 1 fully saturated rings. The zero-order valence-electron chi connectivity index (χ0n) is 12.0. The van der Waals surface area contributed by atoms with Crippen LogP contribution >= 0.6 is 0 Å². The summed E-state index contributed by atoms with van der Waals surface area (Å²) >= 11 is 0. The second kappa shape index (κ2) is 7.90. The number of rotatable bonds is 6. The number of hydrogen-bond donors (Lipinski definition) is 1. The Balaban J connectivity index is 1.75. The number of nitrogens with two attached hydrogens (primary N) is 1. The summed E-state index contributed by atoms with van der Waals surface area (Å²) in [5.74, 6) is 1.12. The number of carbonyl (C=O) groups is 1. The molecule has 1 aromatic carbocycles. The summed E-state index contributed by atoms with van der Waals surface area (Å²) in [6.07, 6.45) is 4.88. The summed E-state index contributed by atoms with van der Waals surface area (Å²) in [7, 11) is 0. The molecule has 20 heavy (non-hydrogen) atoms. The highest BCUT2D eigenvalue weighted by Crippen LogP contribution is 2.14. The molecule has 0 aliphatic carbocycles. The van der Waals surface area contributed by atoms with Crippen molar-refractivity contribution in [2.45, 2.75) is 32.1 Å². The molecule has 1 aliphatic rings. The first-order chi connectivity index (χ1) is 9.79. The predicted molar refractivity (Wildman–Crippen MR) is 79.7 cm³/mol. The van der Waals surface area contributed by atoms with Crippen molar-refractivity contribution in [1.82, 2.24) is 4.90 Å². The fraction of sp³-hybridized carbons (Fsp3) is 0.562. The monoisotopic (exact) mass is 276 g/mol. The van der Waals surface area contributed by atoms with Crippen molar-refractivity contribution in [2.24, 2.45) is 5.73 Å². The fourth-order valence-electron chi connectivity index (χ4n) is 2.47. The van der Waals surface area contributed by atoms with Gasteiger partial charge < -0.3 is 15.4 Å². The number of hydrogen-bond acceptors (Lipinski definition) is 3. The molecule has 1 aromatic rings. The summed E-state index contributed by atoms with van der Waals surface area (Å²) < 4.78 is 5.71. The van der Waals surface area contributed by atoms with E-state index in [4.69, 9.17) is 10.5 Å². The maximum Gasteiger partial charge on any atom is 0.222 e. The minimum Gasteiger partial charge on any atom is -0.492 e. The lowest BCUT2D eigenvalue weighted by Crippen LogP contribution is -2.34. The zero-order valence-corrected chi connectivity index (χ0v) is 12.0. The van der Waals surface area contributed by atoms with Gasteiger partial charge in [-0.1, -0.05) is 18.6 Å². The summed E-state index contributed by atoms with van der Waals surface area (Å²) in [6.45, 7) is 2.78. The Hall–Kier alpha value is -1.55. The van der Waals surface area contributed by atoms with E-state index < -0.39 is 0 Å². The molecular formula is C16H24N2O2. The van der Waals surface area contributed by atoms with E-state index >= 15 is 0 Å². The van der Waals surface area contributed by atoms with Gasteiger partial charge in [-0.2, -0.15) is 0 Å². The van der Waals surface area contributed by atoms with Crippen molar-refractivity contribution in [1.29, 1.82) is 0 Å². The highest BCUT2D eigenvalue weighted by atomic mass is 16.5. The molecule has 110 valence electrons. The lowest BCUT2D eigenvalue weighted by molar-refractivity contribution is -0.131. The van der Waals surface area contributed by atoms with E-state index in [1.165, 1.54) is 5.56 Å². The third-order valence-corrected chi connectivity index (χ3v) is 3.66. The minimum absolute atomic E-state index is 0.268. The quantitative estimate of drug-likeness (QED) is 0.864. The van der Waals surface area contributed by atoms with Crippen LogP contribution in [-0.2, 0) is 11.2 Å². The summed E-state index contributed by atoms with van der Waals surface area (Å²) in [6, 6.07) is 8.02. The number of carbonyl (C=O) groups excluding carboxylic acids is 1. The lowest BCUT2D eigenvalue weighted by Gasteiger charge is -2.20. The number of likely N-dealkylation sites (tertiary alicyclic amines) is 1. The van der Waals surface area contributed by atoms with Gasteiger partial charge in [0, 0.05) is 13.0 Å². The van der Waals surface area contributed by atoms with E-state index in [1.54, 1.807) is 0 Å². The molecule has 0 spiro atoms. The highest BCUT2D eigenvalue weighted by Gasteiger charge is 2.15. The smallest absolute Gasteiger partial charge is 0.222 e. The number of benzene rings is 1. The van der Waals surface area contributed by atoms with E-state index in [0.717, 1.165) is 38.0 Å². The minimum atomic E-state index is 0.268. The zero-order chi connectivity index (χ0) is 14.2. The van der Waals surface area contributed by atoms with Gasteiger partial charge in [0.25, 0.3) is 0 Å². The van der Waals surface area contributed by atoms with Gasteiger partial charge in [0.05, 0.1) is 6.54 Å². The first-order valence-electron chi connectivity index (χ1n) is 7.49. The molecule has 0 aromatic heterocycles. The van der Waals surface area contributed by atoms with Crippen LogP contribution in [0.3, 0.4) is 0 Å². The van der Waals surface area contributed by atoms with Crippen molar-refractivity contribution >= 4 is 5.91 Å². The van der Waals surface area contributed by atoms with Crippen molar-refractivity contribution in [2.75, 3.05) is 26.2 Å². The standard InChI is InChI=1S/C16H24N2O2/c17-10-9-14-5-7-15(8-6-14)20-13-12-18-11-3-1-2-4-16(18)19/h5-8H,1-4,9-13,17H2. The number of ether oxygens (including phenoxy) is 1. The molecule has 1 saturated heterocycles. The molecule has 0 atom stereocenters. The van der Waals surface area contributed by atoms with Crippen LogP contribution in [-0.4, -0.2) is 37.0 Å². The van der Waals surface area contributed by atoms with Gasteiger partial charge >= 0.3 is 0 Å². The Morgan fingerprint density at radius 3 is 2.70 bits per heavy atom. The number of nitrogens with zero attached hydrogens (tertiary/aromatic N) is 1. The molecule has 1 aliphatic heterocycles. The Labute approximate surface area is 120 Å². The molecule has 0 saturated carbocycles. The second-order valence-corrected chi connectivity index (χ2v) is 5.22. The fourth-order valence-corrected chi connectivity index (χ4v) is 2.47. The van der Waals surface area contributed by atoms with Gasteiger partial charge in [0.1, 0.15) is 12.4 Å². The lowest BCUT2D eigenvalue weighted by atomic mass is 10.1.